The molecule has 0 unspecified atom stereocenters. The standard InChI is InChI=1S/C21H26N4O2S2/c1-23(13-16-7-3-4-9-18(16)26-2)15-25-21(28)24(14-17-8-5-11-27-17)20(22-25)19-10-6-12-29-19/h3-4,6-7,9-10,12,17H,5,8,11,13-15H2,1-2H3/t17-/m0/s1. The van der Waals surface area contributed by atoms with Crippen LogP contribution in [0.25, 0.3) is 10.7 Å². The number of hydrogen-bond acceptors (Lipinski definition) is 6. The highest BCUT2D eigenvalue weighted by Crippen LogP contribution is 2.26. The van der Waals surface area contributed by atoms with E-state index in [1.54, 1.807) is 18.4 Å². The third-order valence-electron chi connectivity index (χ3n) is 5.08. The predicted molar refractivity (Wildman–Crippen MR) is 118 cm³/mol. The van der Waals surface area contributed by atoms with Gasteiger partial charge in [0.05, 0.1) is 31.3 Å². The van der Waals surface area contributed by atoms with Crippen LogP contribution in [0.4, 0.5) is 0 Å². The van der Waals surface area contributed by atoms with Gasteiger partial charge in [0, 0.05) is 18.7 Å². The Morgan fingerprint density at radius 2 is 2.17 bits per heavy atom. The largest absolute Gasteiger partial charge is 0.496 e. The van der Waals surface area contributed by atoms with E-state index in [0.29, 0.717) is 6.67 Å². The van der Waals surface area contributed by atoms with Gasteiger partial charge in [0.15, 0.2) is 10.6 Å². The Labute approximate surface area is 180 Å². The number of rotatable bonds is 8. The SMILES string of the molecule is COc1ccccc1CN(C)Cn1nc(-c2cccs2)n(C[C@@H]2CCCO2)c1=S. The Morgan fingerprint density at radius 3 is 2.90 bits per heavy atom. The Bertz CT molecular complexity index is 991. The van der Waals surface area contributed by atoms with E-state index in [1.165, 1.54) is 0 Å². The molecule has 154 valence electrons. The summed E-state index contributed by atoms with van der Waals surface area (Å²) in [5, 5.41) is 6.95. The van der Waals surface area contributed by atoms with Gasteiger partial charge in [0.2, 0.25) is 0 Å². The normalized spacial score (nSPS) is 16.6. The highest BCUT2D eigenvalue weighted by molar-refractivity contribution is 7.71. The number of para-hydroxylation sites is 1. The van der Waals surface area contributed by atoms with Crippen molar-refractivity contribution in [1.29, 1.82) is 0 Å². The summed E-state index contributed by atoms with van der Waals surface area (Å²) in [5.74, 6) is 1.82. The molecule has 2 aromatic heterocycles. The summed E-state index contributed by atoms with van der Waals surface area (Å²) in [6, 6.07) is 12.2. The molecule has 0 spiro atoms. The lowest BCUT2D eigenvalue weighted by Crippen LogP contribution is -2.23. The maximum Gasteiger partial charge on any atom is 0.199 e. The first-order valence-corrected chi connectivity index (χ1v) is 11.1. The number of benzene rings is 1. The van der Waals surface area contributed by atoms with Crippen molar-refractivity contribution in [3.8, 4) is 16.5 Å². The van der Waals surface area contributed by atoms with Crippen LogP contribution < -0.4 is 4.74 Å². The number of thiophene rings is 1. The van der Waals surface area contributed by atoms with Crippen LogP contribution in [0.2, 0.25) is 0 Å². The average molecular weight is 431 g/mol. The summed E-state index contributed by atoms with van der Waals surface area (Å²) in [6.45, 7) is 2.94. The number of ether oxygens (including phenoxy) is 2. The maximum atomic E-state index is 5.85. The summed E-state index contributed by atoms with van der Waals surface area (Å²) in [6.07, 6.45) is 2.40. The van der Waals surface area contributed by atoms with Gasteiger partial charge in [-0.1, -0.05) is 24.3 Å². The van der Waals surface area contributed by atoms with Crippen LogP contribution in [-0.2, 0) is 24.5 Å². The Kier molecular flexibility index (Phi) is 6.44. The summed E-state index contributed by atoms with van der Waals surface area (Å²) in [4.78, 5) is 3.31. The minimum atomic E-state index is 0.212. The highest BCUT2D eigenvalue weighted by Gasteiger charge is 2.21. The van der Waals surface area contributed by atoms with Crippen LogP contribution in [0.15, 0.2) is 41.8 Å². The van der Waals surface area contributed by atoms with Crippen LogP contribution in [0.5, 0.6) is 5.75 Å². The molecule has 4 rings (SSSR count). The summed E-state index contributed by atoms with van der Waals surface area (Å²) < 4.78 is 16.1. The van der Waals surface area contributed by atoms with Crippen molar-refractivity contribution in [2.75, 3.05) is 20.8 Å². The van der Waals surface area contributed by atoms with Gasteiger partial charge in [0.25, 0.3) is 0 Å². The van der Waals surface area contributed by atoms with Crippen molar-refractivity contribution in [3.63, 3.8) is 0 Å². The number of hydrogen-bond donors (Lipinski definition) is 0. The van der Waals surface area contributed by atoms with Crippen LogP contribution >= 0.6 is 23.6 Å². The zero-order chi connectivity index (χ0) is 20.2. The number of methoxy groups -OCH3 is 1. The van der Waals surface area contributed by atoms with Crippen molar-refractivity contribution in [2.24, 2.45) is 0 Å². The van der Waals surface area contributed by atoms with Gasteiger partial charge in [-0.05, 0) is 49.6 Å². The minimum absolute atomic E-state index is 0.212. The van der Waals surface area contributed by atoms with Gasteiger partial charge in [-0.2, -0.15) is 0 Å². The monoisotopic (exact) mass is 430 g/mol. The van der Waals surface area contributed by atoms with Gasteiger partial charge in [0.1, 0.15) is 5.75 Å². The lowest BCUT2D eigenvalue weighted by molar-refractivity contribution is 0.0967. The first-order valence-electron chi connectivity index (χ1n) is 9.79. The van der Waals surface area contributed by atoms with Crippen molar-refractivity contribution < 1.29 is 9.47 Å². The Hall–Kier alpha value is -2.00. The number of nitrogens with zero attached hydrogens (tertiary/aromatic N) is 4. The van der Waals surface area contributed by atoms with Crippen molar-refractivity contribution >= 4 is 23.6 Å². The molecule has 6 nitrogen and oxygen atoms in total. The highest BCUT2D eigenvalue weighted by atomic mass is 32.1. The van der Waals surface area contributed by atoms with Gasteiger partial charge in [-0.25, -0.2) is 4.68 Å². The van der Waals surface area contributed by atoms with E-state index in [-0.39, 0.29) is 6.10 Å². The summed E-state index contributed by atoms with van der Waals surface area (Å²) in [7, 11) is 3.77. The molecule has 3 aromatic rings. The number of aromatic nitrogens is 3. The van der Waals surface area contributed by atoms with Gasteiger partial charge in [-0.3, -0.25) is 9.47 Å². The van der Waals surface area contributed by atoms with E-state index in [1.807, 2.05) is 28.9 Å². The molecule has 0 radical (unpaired) electrons. The second-order valence-electron chi connectivity index (χ2n) is 7.30. The molecule has 0 aliphatic carbocycles. The average Bonchev–Trinajstić information content (AvgIpc) is 3.47. The van der Waals surface area contributed by atoms with E-state index in [2.05, 4.69) is 34.0 Å². The molecule has 0 amide bonds. The third-order valence-corrected chi connectivity index (χ3v) is 6.38. The molecular weight excluding hydrogens is 404 g/mol. The lowest BCUT2D eigenvalue weighted by Gasteiger charge is -2.18. The van der Waals surface area contributed by atoms with Crippen LogP contribution in [0.1, 0.15) is 18.4 Å². The van der Waals surface area contributed by atoms with Gasteiger partial charge >= 0.3 is 0 Å². The topological polar surface area (TPSA) is 44.5 Å². The Morgan fingerprint density at radius 1 is 1.31 bits per heavy atom. The van der Waals surface area contributed by atoms with Crippen LogP contribution in [0.3, 0.4) is 0 Å². The van der Waals surface area contributed by atoms with E-state index in [0.717, 1.165) is 59.3 Å². The molecule has 1 saturated heterocycles. The molecular formula is C21H26N4O2S2. The molecule has 3 heterocycles. The first kappa shape index (κ1) is 20.3. The third kappa shape index (κ3) is 4.61. The van der Waals surface area contributed by atoms with Gasteiger partial charge < -0.3 is 9.47 Å². The van der Waals surface area contributed by atoms with E-state index >= 15 is 0 Å². The Balaban J connectivity index is 1.57. The smallest absolute Gasteiger partial charge is 0.199 e. The second-order valence-corrected chi connectivity index (χ2v) is 8.61. The van der Waals surface area contributed by atoms with E-state index < -0.39 is 0 Å². The minimum Gasteiger partial charge on any atom is -0.496 e. The van der Waals surface area contributed by atoms with Crippen molar-refractivity contribution in [2.45, 2.75) is 38.7 Å². The van der Waals surface area contributed by atoms with Crippen LogP contribution in [0, 0.1) is 4.77 Å². The molecule has 0 saturated carbocycles. The molecule has 1 aromatic carbocycles. The predicted octanol–water partition coefficient (Wildman–Crippen LogP) is 4.42. The van der Waals surface area contributed by atoms with E-state index in [4.69, 9.17) is 26.8 Å². The molecule has 0 N–H and O–H groups in total. The quantitative estimate of drug-likeness (QED) is 0.495. The van der Waals surface area contributed by atoms with Crippen LogP contribution in [-0.4, -0.2) is 46.1 Å². The first-order chi connectivity index (χ1) is 14.2. The molecule has 1 atom stereocenters. The fraction of sp³-hybridized carbons (Fsp3) is 0.429. The maximum absolute atomic E-state index is 5.85. The molecule has 1 aliphatic rings. The second kappa shape index (κ2) is 9.21. The van der Waals surface area contributed by atoms with E-state index in [9.17, 15) is 0 Å². The van der Waals surface area contributed by atoms with Crippen molar-refractivity contribution in [3.05, 3.63) is 52.1 Å². The van der Waals surface area contributed by atoms with Gasteiger partial charge in [-0.15, -0.1) is 16.4 Å². The fourth-order valence-electron chi connectivity index (χ4n) is 3.68. The molecule has 29 heavy (non-hydrogen) atoms. The molecule has 8 heteroatoms. The summed E-state index contributed by atoms with van der Waals surface area (Å²) >= 11 is 7.50. The lowest BCUT2D eigenvalue weighted by atomic mass is 10.2. The fourth-order valence-corrected chi connectivity index (χ4v) is 4.66. The summed E-state index contributed by atoms with van der Waals surface area (Å²) in [5.41, 5.74) is 1.14. The van der Waals surface area contributed by atoms with Crippen molar-refractivity contribution in [1.82, 2.24) is 19.2 Å². The zero-order valence-electron chi connectivity index (χ0n) is 16.8. The molecule has 1 fully saturated rings. The zero-order valence-corrected chi connectivity index (χ0v) is 18.4. The molecule has 0 bridgehead atoms. The molecule has 1 aliphatic heterocycles.